The minimum Gasteiger partial charge on any atom is -0.480 e. The molecular formula is C14H19Cl2N3O3S2. The Morgan fingerprint density at radius 3 is 2.33 bits per heavy atom. The van der Waals surface area contributed by atoms with Crippen molar-refractivity contribution in [1.29, 1.82) is 0 Å². The van der Waals surface area contributed by atoms with Crippen LogP contribution >= 0.6 is 45.6 Å². The predicted octanol–water partition coefficient (Wildman–Crippen LogP) is 3.46. The smallest absolute Gasteiger partial charge is 0.327 e. The highest BCUT2D eigenvalue weighted by atomic mass is 35.5. The first-order valence-corrected chi connectivity index (χ1v) is 9.10. The van der Waals surface area contributed by atoms with Gasteiger partial charge in [0.25, 0.3) is 0 Å². The van der Waals surface area contributed by atoms with E-state index in [2.05, 4.69) is 10.3 Å². The van der Waals surface area contributed by atoms with E-state index >= 15 is 0 Å². The Morgan fingerprint density at radius 1 is 1.33 bits per heavy atom. The number of benzene rings is 1. The number of hydrogen-bond acceptors (Lipinski definition) is 5. The van der Waals surface area contributed by atoms with Crippen LogP contribution in [0.25, 0.3) is 0 Å². The molecule has 4 N–H and O–H groups in total. The fraction of sp³-hybridized carbons (Fsp3) is 0.357. The molecule has 6 nitrogen and oxygen atoms in total. The first-order chi connectivity index (χ1) is 10.6. The molecule has 24 heavy (non-hydrogen) atoms. The van der Waals surface area contributed by atoms with Gasteiger partial charge in [0.05, 0.1) is 10.4 Å². The van der Waals surface area contributed by atoms with Gasteiger partial charge in [0.2, 0.25) is 5.91 Å². The molecule has 1 aromatic rings. The molecular weight excluding hydrogens is 393 g/mol. The van der Waals surface area contributed by atoms with Gasteiger partial charge in [-0.05, 0) is 48.9 Å². The summed E-state index contributed by atoms with van der Waals surface area (Å²) in [7, 11) is 2.38. The van der Waals surface area contributed by atoms with Gasteiger partial charge < -0.3 is 16.2 Å². The highest BCUT2D eigenvalue weighted by Crippen LogP contribution is 2.38. The lowest BCUT2D eigenvalue weighted by molar-refractivity contribution is -0.142. The van der Waals surface area contributed by atoms with E-state index in [0.717, 1.165) is 10.8 Å². The van der Waals surface area contributed by atoms with Crippen molar-refractivity contribution in [3.8, 4) is 0 Å². The SMILES string of the molecule is CC(=O)N[C@H](C(=O)O)C(C)(C)SSC(N)=Nc1ccc(Cl)cc1.Cl. The number of rotatable bonds is 6. The van der Waals surface area contributed by atoms with Gasteiger partial charge >= 0.3 is 5.97 Å². The molecule has 1 aromatic carbocycles. The zero-order chi connectivity index (χ0) is 17.6. The summed E-state index contributed by atoms with van der Waals surface area (Å²) in [6.45, 7) is 4.71. The molecule has 0 aliphatic rings. The molecule has 0 aliphatic carbocycles. The number of hydrogen-bond donors (Lipinski definition) is 3. The minimum atomic E-state index is -1.11. The topological polar surface area (TPSA) is 105 Å². The molecule has 0 unspecified atom stereocenters. The van der Waals surface area contributed by atoms with Crippen molar-refractivity contribution in [1.82, 2.24) is 5.32 Å². The van der Waals surface area contributed by atoms with Crippen LogP contribution in [0.2, 0.25) is 5.02 Å². The van der Waals surface area contributed by atoms with Gasteiger partial charge in [-0.3, -0.25) is 4.79 Å². The zero-order valence-electron chi connectivity index (χ0n) is 13.3. The van der Waals surface area contributed by atoms with Crippen molar-refractivity contribution in [3.63, 3.8) is 0 Å². The minimum absolute atomic E-state index is 0. The summed E-state index contributed by atoms with van der Waals surface area (Å²) < 4.78 is -0.789. The van der Waals surface area contributed by atoms with Crippen LogP contribution < -0.4 is 11.1 Å². The number of aliphatic carboxylic acids is 1. The van der Waals surface area contributed by atoms with E-state index in [1.807, 2.05) is 0 Å². The number of nitrogens with two attached hydrogens (primary N) is 1. The summed E-state index contributed by atoms with van der Waals surface area (Å²) in [6.07, 6.45) is 0. The number of halogens is 2. The van der Waals surface area contributed by atoms with E-state index in [0.29, 0.717) is 10.7 Å². The summed E-state index contributed by atoms with van der Waals surface area (Å²) in [5.41, 5.74) is 6.50. The Hall–Kier alpha value is -1.09. The van der Waals surface area contributed by atoms with Crippen molar-refractivity contribution in [3.05, 3.63) is 29.3 Å². The van der Waals surface area contributed by atoms with E-state index in [4.69, 9.17) is 17.3 Å². The van der Waals surface area contributed by atoms with E-state index in [-0.39, 0.29) is 17.6 Å². The molecule has 0 radical (unpaired) electrons. The second-order valence-electron chi connectivity index (χ2n) is 5.17. The van der Waals surface area contributed by atoms with Crippen molar-refractivity contribution in [2.75, 3.05) is 0 Å². The monoisotopic (exact) mass is 411 g/mol. The maximum absolute atomic E-state index is 11.3. The third kappa shape index (κ3) is 7.65. The van der Waals surface area contributed by atoms with Gasteiger partial charge in [0.15, 0.2) is 5.17 Å². The summed E-state index contributed by atoms with van der Waals surface area (Å²) in [4.78, 5) is 26.7. The van der Waals surface area contributed by atoms with E-state index in [9.17, 15) is 14.7 Å². The summed E-state index contributed by atoms with van der Waals surface area (Å²) in [5, 5.41) is 12.6. The molecule has 1 atom stereocenters. The highest BCUT2D eigenvalue weighted by Gasteiger charge is 2.37. The average Bonchev–Trinajstić information content (AvgIpc) is 2.45. The lowest BCUT2D eigenvalue weighted by atomic mass is 10.0. The second-order valence-corrected chi connectivity index (χ2v) is 8.41. The number of nitrogens with one attached hydrogen (secondary N) is 1. The maximum atomic E-state index is 11.3. The van der Waals surface area contributed by atoms with Gasteiger partial charge in [-0.1, -0.05) is 22.4 Å². The number of nitrogens with zero attached hydrogens (tertiary/aromatic N) is 1. The number of amides is 1. The van der Waals surface area contributed by atoms with Gasteiger partial charge in [-0.2, -0.15) is 0 Å². The normalized spacial score (nSPS) is 12.9. The van der Waals surface area contributed by atoms with E-state index in [1.54, 1.807) is 38.1 Å². The lowest BCUT2D eigenvalue weighted by Crippen LogP contribution is -2.51. The number of aliphatic imine (C=N–C) groups is 1. The molecule has 1 rings (SSSR count). The molecule has 0 aliphatic heterocycles. The maximum Gasteiger partial charge on any atom is 0.327 e. The third-order valence-corrected chi connectivity index (χ3v) is 6.01. The Balaban J connectivity index is 0.00000529. The number of amidine groups is 1. The van der Waals surface area contributed by atoms with Crippen LogP contribution in [0.1, 0.15) is 20.8 Å². The third-order valence-electron chi connectivity index (χ3n) is 2.70. The summed E-state index contributed by atoms with van der Waals surface area (Å²) in [5.74, 6) is -1.51. The second kappa shape index (κ2) is 10.0. The van der Waals surface area contributed by atoms with Gasteiger partial charge in [0, 0.05) is 11.9 Å². The highest BCUT2D eigenvalue weighted by molar-refractivity contribution is 8.82. The van der Waals surface area contributed by atoms with Crippen molar-refractivity contribution in [2.24, 2.45) is 10.7 Å². The number of carboxylic acid groups (broad SMARTS) is 1. The van der Waals surface area contributed by atoms with Crippen molar-refractivity contribution < 1.29 is 14.7 Å². The van der Waals surface area contributed by atoms with Crippen LogP contribution in [-0.4, -0.2) is 32.9 Å². The van der Waals surface area contributed by atoms with E-state index < -0.39 is 22.7 Å². The van der Waals surface area contributed by atoms with Crippen molar-refractivity contribution in [2.45, 2.75) is 31.6 Å². The van der Waals surface area contributed by atoms with Gasteiger partial charge in [-0.15, -0.1) is 12.4 Å². The first kappa shape index (κ1) is 22.9. The van der Waals surface area contributed by atoms with Crippen LogP contribution in [0, 0.1) is 0 Å². The predicted molar refractivity (Wildman–Crippen MR) is 104 cm³/mol. The van der Waals surface area contributed by atoms with Crippen LogP contribution in [0.15, 0.2) is 29.3 Å². The number of carbonyl (C=O) groups is 2. The van der Waals surface area contributed by atoms with Crippen LogP contribution in [0.3, 0.4) is 0 Å². The largest absolute Gasteiger partial charge is 0.480 e. The fourth-order valence-corrected chi connectivity index (χ4v) is 3.72. The first-order valence-electron chi connectivity index (χ1n) is 6.57. The number of carboxylic acids is 1. The molecule has 0 spiro atoms. The average molecular weight is 412 g/mol. The van der Waals surface area contributed by atoms with Crippen LogP contribution in [-0.2, 0) is 9.59 Å². The Labute approximate surface area is 159 Å². The van der Waals surface area contributed by atoms with Gasteiger partial charge in [-0.25, -0.2) is 9.79 Å². The molecule has 0 aromatic heterocycles. The zero-order valence-corrected chi connectivity index (χ0v) is 16.5. The summed E-state index contributed by atoms with van der Waals surface area (Å²) in [6, 6.07) is 5.81. The molecule has 0 saturated heterocycles. The fourth-order valence-electron chi connectivity index (χ4n) is 1.60. The van der Waals surface area contributed by atoms with Crippen LogP contribution in [0.4, 0.5) is 5.69 Å². The lowest BCUT2D eigenvalue weighted by Gasteiger charge is -2.30. The Morgan fingerprint density at radius 2 is 1.88 bits per heavy atom. The molecule has 1 amide bonds. The van der Waals surface area contributed by atoms with Crippen LogP contribution in [0.5, 0.6) is 0 Å². The summed E-state index contributed by atoms with van der Waals surface area (Å²) >= 11 is 5.80. The molecule has 10 heteroatoms. The molecule has 0 fully saturated rings. The molecule has 0 heterocycles. The van der Waals surface area contributed by atoms with Gasteiger partial charge in [0.1, 0.15) is 6.04 Å². The standard InChI is InChI=1S/C14H18ClN3O3S2.ClH/c1-8(19)17-11(12(20)21)14(2,3)23-22-13(16)18-10-6-4-9(15)5-7-10;/h4-7,11H,1-3H3,(H2,16,18)(H,17,19)(H,20,21);1H/t11-;/m1./s1. The van der Waals surface area contributed by atoms with E-state index in [1.165, 1.54) is 17.7 Å². The molecule has 0 saturated carbocycles. The Bertz CT molecular complexity index is 610. The molecule has 0 bridgehead atoms. The number of carbonyl (C=O) groups excluding carboxylic acids is 1. The Kier molecular flexibility index (Phi) is 9.57. The molecule has 134 valence electrons. The van der Waals surface area contributed by atoms with Crippen molar-refractivity contribution >= 4 is 68.3 Å². The quantitative estimate of drug-likeness (QED) is 0.376.